The van der Waals surface area contributed by atoms with Crippen molar-refractivity contribution in [1.82, 2.24) is 20.1 Å². The van der Waals surface area contributed by atoms with Gasteiger partial charge in [-0.25, -0.2) is 4.98 Å². The number of rotatable bonds is 7. The van der Waals surface area contributed by atoms with E-state index in [1.54, 1.807) is 28.7 Å². The molecule has 5 rings (SSSR count). The predicted molar refractivity (Wildman–Crippen MR) is 131 cm³/mol. The Morgan fingerprint density at radius 1 is 1.17 bits per heavy atom. The lowest BCUT2D eigenvalue weighted by Crippen LogP contribution is -2.42. The van der Waals surface area contributed by atoms with Gasteiger partial charge in [-0.1, -0.05) is 6.07 Å². The van der Waals surface area contributed by atoms with E-state index in [9.17, 15) is 4.79 Å². The van der Waals surface area contributed by atoms with Gasteiger partial charge in [0.15, 0.2) is 0 Å². The number of anilines is 2. The van der Waals surface area contributed by atoms with Gasteiger partial charge in [-0.05, 0) is 31.4 Å². The molecule has 35 heavy (non-hydrogen) atoms. The zero-order valence-electron chi connectivity index (χ0n) is 19.3. The van der Waals surface area contributed by atoms with Crippen LogP contribution in [-0.4, -0.2) is 71.9 Å². The summed E-state index contributed by atoms with van der Waals surface area (Å²) in [5, 5.41) is 11.8. The van der Waals surface area contributed by atoms with Crippen LogP contribution in [0.25, 0.3) is 10.6 Å². The summed E-state index contributed by atoms with van der Waals surface area (Å²) in [5.74, 6) is -3.49. The number of carbonyl (C=O) groups is 1. The first-order valence-corrected chi connectivity index (χ1v) is 12.7. The quantitative estimate of drug-likeness (QED) is 0.504. The molecule has 0 unspecified atom stereocenters. The van der Waals surface area contributed by atoms with Crippen LogP contribution in [0.2, 0.25) is 0 Å². The van der Waals surface area contributed by atoms with E-state index in [0.29, 0.717) is 37.0 Å². The van der Waals surface area contributed by atoms with Crippen LogP contribution in [0.4, 0.5) is 20.2 Å². The molecule has 2 aliphatic rings. The first-order chi connectivity index (χ1) is 17.0. The Balaban J connectivity index is 1.40. The van der Waals surface area contributed by atoms with E-state index in [2.05, 4.69) is 25.4 Å². The molecule has 0 atom stereocenters. The first-order valence-electron chi connectivity index (χ1n) is 11.8. The molecule has 0 saturated carbocycles. The highest BCUT2D eigenvalue weighted by molar-refractivity contribution is 7.13. The lowest BCUT2D eigenvalue weighted by Gasteiger charge is -2.32. The van der Waals surface area contributed by atoms with E-state index in [1.165, 1.54) is 23.5 Å². The van der Waals surface area contributed by atoms with Crippen LogP contribution in [0.5, 0.6) is 0 Å². The molecule has 0 aliphatic carbocycles. The van der Waals surface area contributed by atoms with Gasteiger partial charge in [0, 0.05) is 48.9 Å². The van der Waals surface area contributed by atoms with Gasteiger partial charge in [-0.15, -0.1) is 11.3 Å². The Labute approximate surface area is 206 Å². The molecular formula is C24H28F2N6O2S. The maximum Gasteiger partial charge on any atom is 0.285 e. The summed E-state index contributed by atoms with van der Waals surface area (Å²) >= 11 is 1.33. The molecule has 2 saturated heterocycles. The van der Waals surface area contributed by atoms with Gasteiger partial charge in [0.05, 0.1) is 37.3 Å². The predicted octanol–water partition coefficient (Wildman–Crippen LogP) is 4.20. The third kappa shape index (κ3) is 5.52. The summed E-state index contributed by atoms with van der Waals surface area (Å²) in [6.45, 7) is 3.15. The Morgan fingerprint density at radius 2 is 1.97 bits per heavy atom. The van der Waals surface area contributed by atoms with Crippen molar-refractivity contribution >= 4 is 28.6 Å². The highest BCUT2D eigenvalue weighted by Crippen LogP contribution is 2.37. The average molecular weight is 503 g/mol. The van der Waals surface area contributed by atoms with E-state index in [1.807, 2.05) is 0 Å². The lowest BCUT2D eigenvalue weighted by atomic mass is 10.0. The number of halogens is 2. The normalized spacial score (nSPS) is 17.5. The maximum absolute atomic E-state index is 15.3. The third-order valence-corrected chi connectivity index (χ3v) is 7.26. The fraction of sp³-hybridized carbons (Fsp3) is 0.458. The van der Waals surface area contributed by atoms with Crippen LogP contribution in [0.15, 0.2) is 36.0 Å². The van der Waals surface area contributed by atoms with Crippen molar-refractivity contribution in [3.63, 3.8) is 0 Å². The van der Waals surface area contributed by atoms with Crippen LogP contribution < -0.4 is 10.2 Å². The third-order valence-electron chi connectivity index (χ3n) is 6.37. The van der Waals surface area contributed by atoms with Crippen molar-refractivity contribution in [3.05, 3.63) is 47.2 Å². The second-order valence-corrected chi connectivity index (χ2v) is 9.71. The van der Waals surface area contributed by atoms with Gasteiger partial charge < -0.3 is 15.0 Å². The van der Waals surface area contributed by atoms with Gasteiger partial charge in [0.1, 0.15) is 10.7 Å². The molecule has 186 valence electrons. The number of hydrogen-bond donors (Lipinski definition) is 2. The van der Waals surface area contributed by atoms with Crippen LogP contribution in [0.3, 0.4) is 0 Å². The zero-order chi connectivity index (χ0) is 24.3. The standard InChI is InChI=1S/C24H28F2N6O2S/c25-24(26,16-31-8-10-34-11-9-31)18-4-5-21(32-6-2-1-3-7-32)19(12-18)29-22(33)20-15-35-23(30-20)17-13-27-28-14-17/h4-5,12-15H,1-3,6-11,16H2,(H,27,28)(H,29,33). The average Bonchev–Trinajstić information content (AvgIpc) is 3.57. The van der Waals surface area contributed by atoms with Gasteiger partial charge >= 0.3 is 0 Å². The SMILES string of the molecule is O=C(Nc1cc(C(F)(F)CN2CCOCC2)ccc1N1CCCCC1)c1csc(-c2cn[nH]c2)n1. The van der Waals surface area contributed by atoms with E-state index in [-0.39, 0.29) is 17.8 Å². The molecule has 8 nitrogen and oxygen atoms in total. The number of carbonyl (C=O) groups excluding carboxylic acids is 1. The largest absolute Gasteiger partial charge is 0.379 e. The molecule has 0 radical (unpaired) electrons. The maximum atomic E-state index is 15.3. The number of nitrogens with one attached hydrogen (secondary N) is 2. The summed E-state index contributed by atoms with van der Waals surface area (Å²) in [5.41, 5.74) is 2.05. The summed E-state index contributed by atoms with van der Waals surface area (Å²) in [4.78, 5) is 21.4. The molecule has 0 bridgehead atoms. The summed E-state index contributed by atoms with van der Waals surface area (Å²) in [7, 11) is 0. The molecule has 4 heterocycles. The van der Waals surface area contributed by atoms with E-state index in [4.69, 9.17) is 4.74 Å². The number of alkyl halides is 2. The molecule has 2 aromatic heterocycles. The van der Waals surface area contributed by atoms with Crippen molar-refractivity contribution in [3.8, 4) is 10.6 Å². The van der Waals surface area contributed by atoms with Crippen molar-refractivity contribution < 1.29 is 18.3 Å². The molecule has 0 spiro atoms. The number of piperidine rings is 1. The van der Waals surface area contributed by atoms with Gasteiger partial charge in [-0.2, -0.15) is 13.9 Å². The second kappa shape index (κ2) is 10.4. The topological polar surface area (TPSA) is 86.4 Å². The number of ether oxygens (including phenoxy) is 1. The smallest absolute Gasteiger partial charge is 0.285 e. The fourth-order valence-electron chi connectivity index (χ4n) is 4.47. The highest BCUT2D eigenvalue weighted by Gasteiger charge is 2.35. The monoisotopic (exact) mass is 502 g/mol. The minimum atomic E-state index is -3.06. The Bertz CT molecular complexity index is 1140. The number of nitrogens with zero attached hydrogens (tertiary/aromatic N) is 4. The summed E-state index contributed by atoms with van der Waals surface area (Å²) in [6, 6.07) is 4.62. The number of aromatic nitrogens is 3. The van der Waals surface area contributed by atoms with Crippen molar-refractivity contribution in [1.29, 1.82) is 0 Å². The molecule has 11 heteroatoms. The molecule has 2 aliphatic heterocycles. The van der Waals surface area contributed by atoms with Crippen LogP contribution >= 0.6 is 11.3 Å². The van der Waals surface area contributed by atoms with Gasteiger partial charge in [-0.3, -0.25) is 14.8 Å². The number of aromatic amines is 1. The minimum absolute atomic E-state index is 0.114. The number of thiazole rings is 1. The number of morpholine rings is 1. The van der Waals surface area contributed by atoms with Crippen molar-refractivity contribution in [2.45, 2.75) is 25.2 Å². The minimum Gasteiger partial charge on any atom is -0.379 e. The van der Waals surface area contributed by atoms with Crippen molar-refractivity contribution in [2.24, 2.45) is 0 Å². The van der Waals surface area contributed by atoms with Gasteiger partial charge in [0.25, 0.3) is 11.8 Å². The number of H-pyrrole nitrogens is 1. The van der Waals surface area contributed by atoms with E-state index >= 15 is 8.78 Å². The molecule has 1 amide bonds. The highest BCUT2D eigenvalue weighted by atomic mass is 32.1. The molecule has 3 aromatic rings. The molecule has 2 N–H and O–H groups in total. The van der Waals surface area contributed by atoms with Gasteiger partial charge in [0.2, 0.25) is 0 Å². The van der Waals surface area contributed by atoms with Crippen LogP contribution in [-0.2, 0) is 10.7 Å². The van der Waals surface area contributed by atoms with Crippen LogP contribution in [0.1, 0.15) is 35.3 Å². The zero-order valence-corrected chi connectivity index (χ0v) is 20.1. The van der Waals surface area contributed by atoms with Crippen molar-refractivity contribution in [2.75, 3.05) is 56.2 Å². The fourth-order valence-corrected chi connectivity index (χ4v) is 5.25. The van der Waals surface area contributed by atoms with Crippen LogP contribution in [0, 0.1) is 0 Å². The molecule has 1 aromatic carbocycles. The van der Waals surface area contributed by atoms with E-state index < -0.39 is 11.8 Å². The second-order valence-electron chi connectivity index (χ2n) is 8.85. The Kier molecular flexibility index (Phi) is 7.07. The lowest BCUT2D eigenvalue weighted by molar-refractivity contribution is -0.0616. The number of amides is 1. The summed E-state index contributed by atoms with van der Waals surface area (Å²) < 4.78 is 35.9. The number of hydrogen-bond acceptors (Lipinski definition) is 7. The Hall–Kier alpha value is -2.89. The molecular weight excluding hydrogens is 474 g/mol. The first kappa shape index (κ1) is 23.8. The van der Waals surface area contributed by atoms with E-state index in [0.717, 1.165) is 43.6 Å². The number of benzene rings is 1. The molecule has 2 fully saturated rings. The Morgan fingerprint density at radius 3 is 2.71 bits per heavy atom. The summed E-state index contributed by atoms with van der Waals surface area (Å²) in [6.07, 6.45) is 6.54.